The normalized spacial score (nSPS) is 26.1. The topological polar surface area (TPSA) is 15.7 Å². The number of benzene rings is 1. The average molecular weight is 306 g/mol. The maximum Gasteiger partial charge on any atom is 0.123 e. The third-order valence-electron chi connectivity index (χ3n) is 5.11. The van der Waals surface area contributed by atoms with Crippen LogP contribution < -0.4 is 4.74 Å². The van der Waals surface area contributed by atoms with Gasteiger partial charge in [-0.25, -0.2) is 4.39 Å². The molecule has 2 aliphatic rings. The van der Waals surface area contributed by atoms with E-state index >= 15 is 0 Å². The minimum Gasteiger partial charge on any atom is -0.494 e. The van der Waals surface area contributed by atoms with Gasteiger partial charge < -0.3 is 9.64 Å². The Kier molecular flexibility index (Phi) is 5.32. The maximum atomic E-state index is 12.8. The first-order valence-corrected chi connectivity index (χ1v) is 8.62. The van der Waals surface area contributed by atoms with Crippen LogP contribution in [-0.2, 0) is 0 Å². The van der Waals surface area contributed by atoms with E-state index in [0.717, 1.165) is 30.8 Å². The highest BCUT2D eigenvalue weighted by atomic mass is 19.1. The molecule has 1 aromatic carbocycles. The van der Waals surface area contributed by atoms with Gasteiger partial charge in [-0.05, 0) is 63.0 Å². The zero-order chi connectivity index (χ0) is 15.4. The minimum atomic E-state index is -0.214. The maximum absolute atomic E-state index is 12.8. The number of halogens is 1. The Labute approximate surface area is 133 Å². The molecule has 0 N–H and O–H groups in total. The van der Waals surface area contributed by atoms with Crippen molar-refractivity contribution >= 4 is 0 Å². The first-order chi connectivity index (χ1) is 10.8. The fraction of sp³-hybridized carbons (Fsp3) is 0.667. The lowest BCUT2D eigenvalue weighted by Crippen LogP contribution is -2.40. The first kappa shape index (κ1) is 15.8. The van der Waals surface area contributed by atoms with Gasteiger partial charge in [0.05, 0.1) is 6.61 Å². The van der Waals surface area contributed by atoms with Gasteiger partial charge in [0.15, 0.2) is 0 Å². The number of ether oxygens (including phenoxy) is 1. The second-order valence-electron chi connectivity index (χ2n) is 6.46. The van der Waals surface area contributed by atoms with Crippen molar-refractivity contribution < 1.29 is 9.13 Å². The van der Waals surface area contributed by atoms with E-state index in [9.17, 15) is 4.39 Å². The van der Waals surface area contributed by atoms with Crippen LogP contribution in [0.3, 0.4) is 0 Å². The molecule has 2 unspecified atom stereocenters. The Morgan fingerprint density at radius 1 is 1.14 bits per heavy atom. The SMILES string of the molecule is CCN1CCC2CCC(C1)N2CCCOc1ccc(F)cc1. The fourth-order valence-electron chi connectivity index (χ4n) is 3.86. The number of hydrogen-bond donors (Lipinski definition) is 0. The van der Waals surface area contributed by atoms with Gasteiger partial charge in [-0.1, -0.05) is 6.92 Å². The number of likely N-dealkylation sites (tertiary alicyclic amines) is 1. The van der Waals surface area contributed by atoms with Crippen LogP contribution in [0.5, 0.6) is 5.75 Å². The largest absolute Gasteiger partial charge is 0.494 e. The third-order valence-corrected chi connectivity index (χ3v) is 5.11. The molecule has 2 aliphatic heterocycles. The predicted octanol–water partition coefficient (Wildman–Crippen LogP) is 3.15. The molecule has 4 heteroatoms. The summed E-state index contributed by atoms with van der Waals surface area (Å²) in [5.41, 5.74) is 0. The lowest BCUT2D eigenvalue weighted by Gasteiger charge is -2.28. The summed E-state index contributed by atoms with van der Waals surface area (Å²) in [5, 5.41) is 0. The smallest absolute Gasteiger partial charge is 0.123 e. The van der Waals surface area contributed by atoms with Gasteiger partial charge in [0.25, 0.3) is 0 Å². The second-order valence-corrected chi connectivity index (χ2v) is 6.46. The standard InChI is InChI=1S/C18H27FN2O/c1-2-20-12-10-16-6-7-17(14-20)21(16)11-3-13-22-18-8-4-15(19)5-9-18/h4-5,8-9,16-17H,2-3,6-7,10-14H2,1H3. The predicted molar refractivity (Wildman–Crippen MR) is 86.8 cm³/mol. The summed E-state index contributed by atoms with van der Waals surface area (Å²) in [7, 11) is 0. The summed E-state index contributed by atoms with van der Waals surface area (Å²) in [6, 6.07) is 7.80. The van der Waals surface area contributed by atoms with Crippen molar-refractivity contribution in [2.45, 2.75) is 44.7 Å². The van der Waals surface area contributed by atoms with Gasteiger partial charge in [0.2, 0.25) is 0 Å². The van der Waals surface area contributed by atoms with Crippen molar-refractivity contribution in [1.82, 2.24) is 9.80 Å². The summed E-state index contributed by atoms with van der Waals surface area (Å²) in [6.45, 7) is 7.74. The second kappa shape index (κ2) is 7.42. The van der Waals surface area contributed by atoms with E-state index in [2.05, 4.69) is 16.7 Å². The van der Waals surface area contributed by atoms with Crippen molar-refractivity contribution in [3.05, 3.63) is 30.1 Å². The molecule has 2 fully saturated rings. The molecule has 3 nitrogen and oxygen atoms in total. The van der Waals surface area contributed by atoms with E-state index in [1.54, 1.807) is 12.1 Å². The number of fused-ring (bicyclic) bond motifs is 2. The van der Waals surface area contributed by atoms with Crippen molar-refractivity contribution in [2.75, 3.05) is 32.8 Å². The molecule has 2 heterocycles. The summed E-state index contributed by atoms with van der Waals surface area (Å²) in [6.07, 6.45) is 5.06. The number of nitrogens with zero attached hydrogens (tertiary/aromatic N) is 2. The van der Waals surface area contributed by atoms with Gasteiger partial charge in [-0.2, -0.15) is 0 Å². The summed E-state index contributed by atoms with van der Waals surface area (Å²) in [5.74, 6) is 0.548. The van der Waals surface area contributed by atoms with Crippen LogP contribution in [0, 0.1) is 5.82 Å². The molecule has 0 aromatic heterocycles. The quantitative estimate of drug-likeness (QED) is 0.751. The number of hydrogen-bond acceptors (Lipinski definition) is 3. The molecule has 0 amide bonds. The van der Waals surface area contributed by atoms with Crippen molar-refractivity contribution in [3.8, 4) is 5.75 Å². The summed E-state index contributed by atoms with van der Waals surface area (Å²) < 4.78 is 18.6. The Bertz CT molecular complexity index is 465. The molecule has 3 rings (SSSR count). The number of rotatable bonds is 6. The Morgan fingerprint density at radius 3 is 2.68 bits per heavy atom. The Hall–Kier alpha value is -1.13. The highest BCUT2D eigenvalue weighted by molar-refractivity contribution is 5.21. The van der Waals surface area contributed by atoms with Crippen LogP contribution in [-0.4, -0.2) is 54.7 Å². The zero-order valence-corrected chi connectivity index (χ0v) is 13.5. The van der Waals surface area contributed by atoms with Crippen LogP contribution >= 0.6 is 0 Å². The van der Waals surface area contributed by atoms with Crippen LogP contribution in [0.25, 0.3) is 0 Å². The lowest BCUT2D eigenvalue weighted by molar-refractivity contribution is 0.171. The average Bonchev–Trinajstić information content (AvgIpc) is 2.80. The van der Waals surface area contributed by atoms with E-state index in [0.29, 0.717) is 6.61 Å². The number of likely N-dealkylation sites (N-methyl/N-ethyl adjacent to an activating group) is 1. The summed E-state index contributed by atoms with van der Waals surface area (Å²) >= 11 is 0. The molecule has 2 atom stereocenters. The molecule has 2 saturated heterocycles. The Balaban J connectivity index is 1.44. The Morgan fingerprint density at radius 2 is 1.91 bits per heavy atom. The van der Waals surface area contributed by atoms with Gasteiger partial charge in [-0.3, -0.25) is 4.90 Å². The molecule has 0 spiro atoms. The minimum absolute atomic E-state index is 0.214. The van der Waals surface area contributed by atoms with Gasteiger partial charge >= 0.3 is 0 Å². The van der Waals surface area contributed by atoms with E-state index in [4.69, 9.17) is 4.74 Å². The van der Waals surface area contributed by atoms with E-state index in [-0.39, 0.29) is 5.82 Å². The molecule has 2 bridgehead atoms. The van der Waals surface area contributed by atoms with Crippen molar-refractivity contribution in [2.24, 2.45) is 0 Å². The monoisotopic (exact) mass is 306 g/mol. The third kappa shape index (κ3) is 3.79. The summed E-state index contributed by atoms with van der Waals surface area (Å²) in [4.78, 5) is 5.30. The molecule has 0 aliphatic carbocycles. The van der Waals surface area contributed by atoms with E-state index in [1.165, 1.54) is 51.0 Å². The van der Waals surface area contributed by atoms with Crippen LogP contribution in [0.4, 0.5) is 4.39 Å². The van der Waals surface area contributed by atoms with Crippen LogP contribution in [0.1, 0.15) is 32.6 Å². The molecular formula is C18H27FN2O. The molecular weight excluding hydrogens is 279 g/mol. The lowest BCUT2D eigenvalue weighted by atomic mass is 10.1. The van der Waals surface area contributed by atoms with Gasteiger partial charge in [0.1, 0.15) is 11.6 Å². The highest BCUT2D eigenvalue weighted by Gasteiger charge is 2.36. The first-order valence-electron chi connectivity index (χ1n) is 8.62. The molecule has 22 heavy (non-hydrogen) atoms. The molecule has 1 aromatic rings. The van der Waals surface area contributed by atoms with E-state index < -0.39 is 0 Å². The fourth-order valence-corrected chi connectivity index (χ4v) is 3.86. The van der Waals surface area contributed by atoms with Crippen LogP contribution in [0.15, 0.2) is 24.3 Å². The van der Waals surface area contributed by atoms with Crippen molar-refractivity contribution in [3.63, 3.8) is 0 Å². The van der Waals surface area contributed by atoms with Gasteiger partial charge in [0, 0.05) is 25.2 Å². The molecule has 0 radical (unpaired) electrons. The van der Waals surface area contributed by atoms with Crippen molar-refractivity contribution in [1.29, 1.82) is 0 Å². The van der Waals surface area contributed by atoms with E-state index in [1.807, 2.05) is 0 Å². The zero-order valence-electron chi connectivity index (χ0n) is 13.5. The molecule has 122 valence electrons. The van der Waals surface area contributed by atoms with Gasteiger partial charge in [-0.15, -0.1) is 0 Å². The highest BCUT2D eigenvalue weighted by Crippen LogP contribution is 2.30. The molecule has 0 saturated carbocycles. The van der Waals surface area contributed by atoms with Crippen LogP contribution in [0.2, 0.25) is 0 Å².